The van der Waals surface area contributed by atoms with Crippen molar-refractivity contribution in [3.63, 3.8) is 0 Å². The number of aromatic nitrogens is 2. The number of hydrogen-bond donors (Lipinski definition) is 0. The second-order valence-corrected chi connectivity index (χ2v) is 5.70. The molecule has 0 amide bonds. The van der Waals surface area contributed by atoms with Gasteiger partial charge >= 0.3 is 0 Å². The van der Waals surface area contributed by atoms with Crippen molar-refractivity contribution in [2.75, 3.05) is 0 Å². The van der Waals surface area contributed by atoms with Gasteiger partial charge in [-0.1, -0.05) is 77.5 Å². The molecule has 1 heterocycles. The zero-order valence-electron chi connectivity index (χ0n) is 13.3. The Morgan fingerprint density at radius 1 is 0.708 bits per heavy atom. The van der Waals surface area contributed by atoms with Crippen molar-refractivity contribution in [1.29, 1.82) is 0 Å². The molecule has 3 heteroatoms. The van der Waals surface area contributed by atoms with Gasteiger partial charge in [-0.15, -0.1) is 0 Å². The molecule has 0 aliphatic carbocycles. The molecule has 1 aromatic heterocycles. The van der Waals surface area contributed by atoms with Crippen LogP contribution < -0.4 is 0 Å². The van der Waals surface area contributed by atoms with E-state index in [-0.39, 0.29) is 0 Å². The summed E-state index contributed by atoms with van der Waals surface area (Å²) >= 11 is 0. The van der Waals surface area contributed by atoms with Crippen LogP contribution in [0.15, 0.2) is 83.4 Å². The first-order valence-electron chi connectivity index (χ1n) is 7.87. The minimum Gasteiger partial charge on any atom is -0.334 e. The van der Waals surface area contributed by atoms with Crippen LogP contribution in [0, 0.1) is 6.92 Å². The molecular weight excluding hydrogens is 296 g/mol. The zero-order chi connectivity index (χ0) is 16.4. The van der Waals surface area contributed by atoms with E-state index in [1.807, 2.05) is 48.5 Å². The van der Waals surface area contributed by atoms with Crippen LogP contribution in [0.2, 0.25) is 0 Å². The standard InChI is InChI=1S/C21H16N2O/c1-15-8-7-11-17(14-15)20-22-21(24-23-20)19-13-6-5-12-18(19)16-9-3-2-4-10-16/h2-14H,1H3. The fourth-order valence-corrected chi connectivity index (χ4v) is 2.77. The van der Waals surface area contributed by atoms with Crippen LogP contribution >= 0.6 is 0 Å². The summed E-state index contributed by atoms with van der Waals surface area (Å²) in [5, 5.41) is 4.15. The van der Waals surface area contributed by atoms with Crippen LogP contribution in [-0.2, 0) is 0 Å². The molecule has 0 atom stereocenters. The second kappa shape index (κ2) is 6.13. The highest BCUT2D eigenvalue weighted by atomic mass is 16.5. The van der Waals surface area contributed by atoms with Crippen molar-refractivity contribution in [1.82, 2.24) is 10.1 Å². The smallest absolute Gasteiger partial charge is 0.258 e. The molecule has 0 saturated carbocycles. The van der Waals surface area contributed by atoms with E-state index < -0.39 is 0 Å². The highest BCUT2D eigenvalue weighted by Gasteiger charge is 2.14. The molecule has 0 fully saturated rings. The van der Waals surface area contributed by atoms with Gasteiger partial charge in [-0.25, -0.2) is 0 Å². The molecule has 116 valence electrons. The van der Waals surface area contributed by atoms with E-state index in [4.69, 9.17) is 4.52 Å². The van der Waals surface area contributed by atoms with Crippen LogP contribution in [0.5, 0.6) is 0 Å². The van der Waals surface area contributed by atoms with Crippen molar-refractivity contribution in [3.05, 3.63) is 84.4 Å². The molecule has 0 bridgehead atoms. The van der Waals surface area contributed by atoms with E-state index in [2.05, 4.69) is 47.4 Å². The first-order chi connectivity index (χ1) is 11.8. The third-order valence-electron chi connectivity index (χ3n) is 3.94. The number of benzene rings is 3. The molecular formula is C21H16N2O. The van der Waals surface area contributed by atoms with Gasteiger partial charge in [0.2, 0.25) is 5.82 Å². The molecule has 4 rings (SSSR count). The highest BCUT2D eigenvalue weighted by Crippen LogP contribution is 2.32. The third-order valence-corrected chi connectivity index (χ3v) is 3.94. The number of aryl methyl sites for hydroxylation is 1. The Labute approximate surface area is 140 Å². The Balaban J connectivity index is 1.79. The summed E-state index contributed by atoms with van der Waals surface area (Å²) in [6, 6.07) is 26.4. The monoisotopic (exact) mass is 312 g/mol. The summed E-state index contributed by atoms with van der Waals surface area (Å²) < 4.78 is 5.55. The van der Waals surface area contributed by atoms with Crippen LogP contribution in [0.3, 0.4) is 0 Å². The van der Waals surface area contributed by atoms with Crippen molar-refractivity contribution in [3.8, 4) is 34.0 Å². The first kappa shape index (κ1) is 14.4. The molecule has 3 aromatic carbocycles. The van der Waals surface area contributed by atoms with E-state index in [1.165, 1.54) is 5.56 Å². The average molecular weight is 312 g/mol. The topological polar surface area (TPSA) is 38.9 Å². The average Bonchev–Trinajstić information content (AvgIpc) is 3.12. The lowest BCUT2D eigenvalue weighted by atomic mass is 10.00. The van der Waals surface area contributed by atoms with Gasteiger partial charge in [-0.3, -0.25) is 0 Å². The summed E-state index contributed by atoms with van der Waals surface area (Å²) in [4.78, 5) is 4.60. The van der Waals surface area contributed by atoms with Crippen LogP contribution in [-0.4, -0.2) is 10.1 Å². The molecule has 0 aliphatic heterocycles. The van der Waals surface area contributed by atoms with Crippen molar-refractivity contribution in [2.24, 2.45) is 0 Å². The lowest BCUT2D eigenvalue weighted by molar-refractivity contribution is 0.432. The molecule has 3 nitrogen and oxygen atoms in total. The molecule has 0 N–H and O–H groups in total. The maximum absolute atomic E-state index is 5.55. The van der Waals surface area contributed by atoms with Crippen LogP contribution in [0.1, 0.15) is 5.56 Å². The third kappa shape index (κ3) is 2.72. The molecule has 0 aliphatic rings. The van der Waals surface area contributed by atoms with Crippen molar-refractivity contribution >= 4 is 0 Å². The van der Waals surface area contributed by atoms with Gasteiger partial charge in [0.1, 0.15) is 0 Å². The van der Waals surface area contributed by atoms with E-state index in [1.54, 1.807) is 0 Å². The minimum atomic E-state index is 0.533. The van der Waals surface area contributed by atoms with Gasteiger partial charge in [-0.2, -0.15) is 4.98 Å². The lowest BCUT2D eigenvalue weighted by Crippen LogP contribution is -1.85. The van der Waals surface area contributed by atoms with Gasteiger partial charge in [0, 0.05) is 11.1 Å². The predicted octanol–water partition coefficient (Wildman–Crippen LogP) is 5.38. The Kier molecular flexibility index (Phi) is 3.67. The fraction of sp³-hybridized carbons (Fsp3) is 0.0476. The maximum atomic E-state index is 5.55. The molecule has 0 saturated heterocycles. The Hall–Kier alpha value is -3.20. The normalized spacial score (nSPS) is 10.7. The Morgan fingerprint density at radius 2 is 1.42 bits per heavy atom. The summed E-state index contributed by atoms with van der Waals surface area (Å²) in [7, 11) is 0. The van der Waals surface area contributed by atoms with E-state index in [0.717, 1.165) is 22.3 Å². The quantitative estimate of drug-likeness (QED) is 0.510. The summed E-state index contributed by atoms with van der Waals surface area (Å²) in [6.07, 6.45) is 0. The van der Waals surface area contributed by atoms with E-state index in [0.29, 0.717) is 11.7 Å². The molecule has 24 heavy (non-hydrogen) atoms. The molecule has 4 aromatic rings. The summed E-state index contributed by atoms with van der Waals surface area (Å²) in [5.74, 6) is 1.14. The minimum absolute atomic E-state index is 0.533. The number of rotatable bonds is 3. The van der Waals surface area contributed by atoms with Gasteiger partial charge < -0.3 is 4.52 Å². The van der Waals surface area contributed by atoms with E-state index in [9.17, 15) is 0 Å². The van der Waals surface area contributed by atoms with Gasteiger partial charge in [0.15, 0.2) is 0 Å². The second-order valence-electron chi connectivity index (χ2n) is 5.70. The Morgan fingerprint density at radius 3 is 2.21 bits per heavy atom. The summed E-state index contributed by atoms with van der Waals surface area (Å²) in [6.45, 7) is 2.05. The fourth-order valence-electron chi connectivity index (χ4n) is 2.77. The van der Waals surface area contributed by atoms with E-state index >= 15 is 0 Å². The maximum Gasteiger partial charge on any atom is 0.258 e. The predicted molar refractivity (Wildman–Crippen MR) is 95.3 cm³/mol. The highest BCUT2D eigenvalue weighted by molar-refractivity contribution is 5.80. The SMILES string of the molecule is Cc1cccc(-c2noc(-c3ccccc3-c3ccccc3)n2)c1. The van der Waals surface area contributed by atoms with Gasteiger partial charge in [0.05, 0.1) is 0 Å². The molecule has 0 spiro atoms. The Bertz CT molecular complexity index is 974. The van der Waals surface area contributed by atoms with Crippen molar-refractivity contribution in [2.45, 2.75) is 6.92 Å². The van der Waals surface area contributed by atoms with Crippen molar-refractivity contribution < 1.29 is 4.52 Å². The van der Waals surface area contributed by atoms with Crippen LogP contribution in [0.25, 0.3) is 34.0 Å². The molecule has 0 radical (unpaired) electrons. The van der Waals surface area contributed by atoms with Gasteiger partial charge in [-0.05, 0) is 30.2 Å². The van der Waals surface area contributed by atoms with Gasteiger partial charge in [0.25, 0.3) is 5.89 Å². The first-order valence-corrected chi connectivity index (χ1v) is 7.87. The number of hydrogen-bond acceptors (Lipinski definition) is 3. The molecule has 0 unspecified atom stereocenters. The lowest BCUT2D eigenvalue weighted by Gasteiger charge is -2.05. The summed E-state index contributed by atoms with van der Waals surface area (Å²) in [5.41, 5.74) is 5.28. The zero-order valence-corrected chi connectivity index (χ0v) is 13.3. The number of nitrogens with zero attached hydrogens (tertiary/aromatic N) is 2. The van der Waals surface area contributed by atoms with Crippen LogP contribution in [0.4, 0.5) is 0 Å². The largest absolute Gasteiger partial charge is 0.334 e.